The van der Waals surface area contributed by atoms with Crippen LogP contribution in [0.2, 0.25) is 5.02 Å². The van der Waals surface area contributed by atoms with Gasteiger partial charge in [0.25, 0.3) is 5.91 Å². The van der Waals surface area contributed by atoms with Crippen LogP contribution in [0.15, 0.2) is 18.3 Å². The molecule has 0 radical (unpaired) electrons. The van der Waals surface area contributed by atoms with Crippen LogP contribution in [0.1, 0.15) is 23.2 Å². The molecule has 0 bridgehead atoms. The molecule has 0 atom stereocenters. The number of hydrogen-bond acceptors (Lipinski definition) is 6. The molecule has 0 unspecified atom stereocenters. The second kappa shape index (κ2) is 8.09. The van der Waals surface area contributed by atoms with Crippen LogP contribution in [0.25, 0.3) is 0 Å². The molecule has 1 fully saturated rings. The summed E-state index contributed by atoms with van der Waals surface area (Å²) in [5, 5.41) is 5.10. The number of nitrogens with zero attached hydrogens (tertiary/aromatic N) is 3. The maximum atomic E-state index is 13.8. The van der Waals surface area contributed by atoms with Gasteiger partial charge in [0.15, 0.2) is 11.6 Å². The van der Waals surface area contributed by atoms with E-state index in [1.165, 1.54) is 26.3 Å². The van der Waals surface area contributed by atoms with E-state index in [0.29, 0.717) is 4.90 Å². The summed E-state index contributed by atoms with van der Waals surface area (Å²) in [6, 6.07) is 2.54. The minimum atomic E-state index is -3.09. The van der Waals surface area contributed by atoms with Crippen molar-refractivity contribution in [3.63, 3.8) is 0 Å². The number of methoxy groups -OCH3 is 1. The van der Waals surface area contributed by atoms with Crippen LogP contribution < -0.4 is 20.3 Å². The van der Waals surface area contributed by atoms with Crippen LogP contribution in [0.3, 0.4) is 0 Å². The summed E-state index contributed by atoms with van der Waals surface area (Å²) < 4.78 is 46.4. The van der Waals surface area contributed by atoms with Gasteiger partial charge in [0.05, 0.1) is 29.6 Å². The Morgan fingerprint density at radius 2 is 2.11 bits per heavy atom. The summed E-state index contributed by atoms with van der Waals surface area (Å²) in [5.74, 6) is -1.87. The number of hydrogen-bond donors (Lipinski definition) is 2. The number of nitrogens with one attached hydrogen (secondary N) is 2. The monoisotopic (exact) mass is 415 g/mol. The number of halogens is 4. The fraction of sp³-hybridized carbons (Fsp3) is 0.353. The number of alkyl halides is 2. The Hall–Kier alpha value is -2.75. The highest BCUT2D eigenvalue weighted by molar-refractivity contribution is 6.34. The summed E-state index contributed by atoms with van der Waals surface area (Å²) in [5.41, 5.74) is -0.0709. The Bertz CT molecular complexity index is 895. The van der Waals surface area contributed by atoms with Gasteiger partial charge in [-0.25, -0.2) is 9.37 Å². The zero-order valence-corrected chi connectivity index (χ0v) is 15.7. The molecule has 3 rings (SSSR count). The van der Waals surface area contributed by atoms with Gasteiger partial charge in [-0.3, -0.25) is 9.69 Å². The second-order valence-corrected chi connectivity index (χ2v) is 6.42. The third-order valence-electron chi connectivity index (χ3n) is 4.06. The van der Waals surface area contributed by atoms with Crippen LogP contribution in [-0.4, -0.2) is 42.6 Å². The number of anilines is 3. The summed E-state index contributed by atoms with van der Waals surface area (Å²) in [7, 11) is 2.70. The molecule has 7 nitrogen and oxygen atoms in total. The first-order valence-electron chi connectivity index (χ1n) is 8.31. The molecule has 0 saturated heterocycles. The predicted molar refractivity (Wildman–Crippen MR) is 98.2 cm³/mol. The van der Waals surface area contributed by atoms with Crippen LogP contribution >= 0.6 is 11.6 Å². The Morgan fingerprint density at radius 3 is 2.68 bits per heavy atom. The van der Waals surface area contributed by atoms with Crippen LogP contribution in [-0.2, 0) is 0 Å². The van der Waals surface area contributed by atoms with Gasteiger partial charge in [-0.15, -0.1) is 0 Å². The maximum Gasteiger partial charge on any atom is 0.321 e. The van der Waals surface area contributed by atoms with Crippen molar-refractivity contribution >= 4 is 35.0 Å². The Kier molecular flexibility index (Phi) is 5.78. The Morgan fingerprint density at radius 1 is 1.39 bits per heavy atom. The second-order valence-electron chi connectivity index (χ2n) is 6.02. The minimum Gasteiger partial charge on any atom is -0.496 e. The summed E-state index contributed by atoms with van der Waals surface area (Å²) in [6.07, 6.45) is 2.54. The normalized spacial score (nSPS) is 13.4. The number of carbonyl (C=O) groups excluding carboxylic acids is 1. The number of carbonyl (C=O) groups is 1. The number of benzene rings is 1. The highest BCUT2D eigenvalue weighted by Crippen LogP contribution is 2.38. The van der Waals surface area contributed by atoms with E-state index in [0.717, 1.165) is 19.0 Å². The first-order chi connectivity index (χ1) is 13.3. The van der Waals surface area contributed by atoms with Gasteiger partial charge in [-0.05, 0) is 18.9 Å². The lowest BCUT2D eigenvalue weighted by Gasteiger charge is -2.24. The molecule has 2 N–H and O–H groups in total. The van der Waals surface area contributed by atoms with E-state index in [2.05, 4.69) is 20.6 Å². The van der Waals surface area contributed by atoms with Crippen molar-refractivity contribution in [3.8, 4) is 5.75 Å². The van der Waals surface area contributed by atoms with E-state index in [9.17, 15) is 18.0 Å². The highest BCUT2D eigenvalue weighted by Gasteiger charge is 2.29. The van der Waals surface area contributed by atoms with Crippen molar-refractivity contribution < 1.29 is 22.7 Å². The summed E-state index contributed by atoms with van der Waals surface area (Å²) >= 11 is 6.19. The Balaban J connectivity index is 2.04. The van der Waals surface area contributed by atoms with Crippen LogP contribution in [0, 0.1) is 5.82 Å². The molecular weight excluding hydrogens is 399 g/mol. The molecule has 150 valence electrons. The van der Waals surface area contributed by atoms with Gasteiger partial charge in [-0.1, -0.05) is 11.6 Å². The molecule has 0 aliphatic heterocycles. The molecule has 1 aromatic heterocycles. The predicted octanol–water partition coefficient (Wildman–Crippen LogP) is 3.57. The zero-order valence-electron chi connectivity index (χ0n) is 15.0. The highest BCUT2D eigenvalue weighted by atomic mass is 35.5. The first kappa shape index (κ1) is 20.0. The topological polar surface area (TPSA) is 79.4 Å². The smallest absolute Gasteiger partial charge is 0.321 e. The van der Waals surface area contributed by atoms with Gasteiger partial charge in [0.1, 0.15) is 5.75 Å². The number of ether oxygens (including phenoxy) is 1. The molecule has 2 aromatic rings. The molecule has 28 heavy (non-hydrogen) atoms. The van der Waals surface area contributed by atoms with Crippen molar-refractivity contribution in [1.29, 1.82) is 0 Å². The van der Waals surface area contributed by atoms with Crippen LogP contribution in [0.4, 0.5) is 30.6 Å². The van der Waals surface area contributed by atoms with E-state index < -0.39 is 24.2 Å². The van der Waals surface area contributed by atoms with Crippen molar-refractivity contribution in [2.45, 2.75) is 25.4 Å². The molecule has 1 saturated carbocycles. The maximum absolute atomic E-state index is 13.8. The van der Waals surface area contributed by atoms with Gasteiger partial charge < -0.3 is 15.4 Å². The molecule has 1 aromatic carbocycles. The van der Waals surface area contributed by atoms with Gasteiger partial charge in [-0.2, -0.15) is 13.8 Å². The summed E-state index contributed by atoms with van der Waals surface area (Å²) in [4.78, 5) is 20.2. The molecular formula is C17H17ClF3N5O2. The lowest BCUT2D eigenvalue weighted by Crippen LogP contribution is -2.28. The zero-order chi connectivity index (χ0) is 20.4. The standard InChI is InChI=1S/C17H17ClF3N5O2/c1-22-14-11(19)7-23-17(25-14)26(16(20)21)12-6-13(28-2)9(5-10(12)18)15(27)24-8-3-4-8/h5-8,16H,3-4H2,1-2H3,(H,24,27)(H,22,23,25). The third-order valence-corrected chi connectivity index (χ3v) is 4.37. The molecule has 0 spiro atoms. The van der Waals surface area contributed by atoms with E-state index in [1.54, 1.807) is 0 Å². The molecule has 1 heterocycles. The fourth-order valence-corrected chi connectivity index (χ4v) is 2.77. The Labute approximate surface area is 163 Å². The van der Waals surface area contributed by atoms with Crippen molar-refractivity contribution in [1.82, 2.24) is 15.3 Å². The van der Waals surface area contributed by atoms with E-state index >= 15 is 0 Å². The van der Waals surface area contributed by atoms with Crippen molar-refractivity contribution in [2.24, 2.45) is 0 Å². The largest absolute Gasteiger partial charge is 0.496 e. The molecule has 11 heteroatoms. The quantitative estimate of drug-likeness (QED) is 0.673. The van der Waals surface area contributed by atoms with Gasteiger partial charge in [0.2, 0.25) is 5.95 Å². The molecule has 1 aliphatic carbocycles. The van der Waals surface area contributed by atoms with E-state index in [1.807, 2.05) is 0 Å². The average molecular weight is 416 g/mol. The lowest BCUT2D eigenvalue weighted by atomic mass is 10.1. The van der Waals surface area contributed by atoms with E-state index in [-0.39, 0.29) is 33.9 Å². The van der Waals surface area contributed by atoms with Crippen molar-refractivity contribution in [2.75, 3.05) is 24.4 Å². The van der Waals surface area contributed by atoms with Gasteiger partial charge >= 0.3 is 6.55 Å². The fourth-order valence-electron chi connectivity index (χ4n) is 2.51. The number of amides is 1. The van der Waals surface area contributed by atoms with Crippen LogP contribution in [0.5, 0.6) is 5.75 Å². The minimum absolute atomic E-state index is 0.0548. The SMILES string of the molecule is CNc1nc(N(c2cc(OC)c(C(=O)NC3CC3)cc2Cl)C(F)F)ncc1F. The first-order valence-corrected chi connectivity index (χ1v) is 8.69. The lowest BCUT2D eigenvalue weighted by molar-refractivity contribution is 0.0948. The van der Waals surface area contributed by atoms with Crippen molar-refractivity contribution in [3.05, 3.63) is 34.7 Å². The summed E-state index contributed by atoms with van der Waals surface area (Å²) in [6.45, 7) is -3.09. The number of rotatable bonds is 7. The average Bonchev–Trinajstić information content (AvgIpc) is 3.47. The number of aromatic nitrogens is 2. The van der Waals surface area contributed by atoms with E-state index in [4.69, 9.17) is 16.3 Å². The third kappa shape index (κ3) is 4.06. The molecule has 1 amide bonds. The molecule has 1 aliphatic rings. The van der Waals surface area contributed by atoms with Gasteiger partial charge in [0, 0.05) is 19.2 Å².